The van der Waals surface area contributed by atoms with Crippen LogP contribution in [-0.4, -0.2) is 15.4 Å². The summed E-state index contributed by atoms with van der Waals surface area (Å²) in [5.74, 6) is 0.423. The molecule has 1 aromatic heterocycles. The van der Waals surface area contributed by atoms with Crippen LogP contribution in [0.4, 0.5) is 0 Å². The predicted molar refractivity (Wildman–Crippen MR) is 57.1 cm³/mol. The number of pyridine rings is 1. The summed E-state index contributed by atoms with van der Waals surface area (Å²) in [6, 6.07) is 1.96. The molecule has 0 aromatic carbocycles. The number of aliphatic hydroxyl groups excluding tert-OH is 1. The number of nitrogens with zero attached hydrogens (tertiary/aromatic N) is 1. The summed E-state index contributed by atoms with van der Waals surface area (Å²) < 4.78 is 0. The zero-order valence-electron chi connectivity index (χ0n) is 7.87. The van der Waals surface area contributed by atoms with E-state index in [9.17, 15) is 5.11 Å². The van der Waals surface area contributed by atoms with Crippen LogP contribution in [0.5, 0.6) is 0 Å². The van der Waals surface area contributed by atoms with Gasteiger partial charge in [-0.05, 0) is 17.5 Å². The van der Waals surface area contributed by atoms with Gasteiger partial charge in [-0.1, -0.05) is 29.8 Å². The van der Waals surface area contributed by atoms with Gasteiger partial charge < -0.3 is 5.11 Å². The van der Waals surface area contributed by atoms with Gasteiger partial charge in [0, 0.05) is 23.3 Å². The van der Waals surface area contributed by atoms with E-state index < -0.39 is 6.10 Å². The second-order valence-corrected chi connectivity index (χ2v) is 3.98. The summed E-state index contributed by atoms with van der Waals surface area (Å²) in [7, 11) is 0. The number of aliphatic hydroxyl groups is 1. The van der Waals surface area contributed by atoms with E-state index in [2.05, 4.69) is 34.8 Å². The summed E-state index contributed by atoms with van der Waals surface area (Å²) in [5.41, 5.74) is 2.09. The summed E-state index contributed by atoms with van der Waals surface area (Å²) in [4.78, 5) is 4.02. The molecule has 0 fully saturated rings. The van der Waals surface area contributed by atoms with Crippen molar-refractivity contribution in [1.82, 2.24) is 4.98 Å². The highest BCUT2D eigenvalue weighted by Crippen LogP contribution is 2.24. The van der Waals surface area contributed by atoms with Crippen LogP contribution in [0.1, 0.15) is 37.0 Å². The van der Waals surface area contributed by atoms with Gasteiger partial charge in [-0.15, -0.1) is 0 Å². The standard InChI is InChI=1S/C10H14BrNO/c1-7(2)8-3-4-12-6-9(8)10(13)5-11/h3-4,6-7,10,13H,5H2,1-2H3. The van der Waals surface area contributed by atoms with Gasteiger partial charge in [0.15, 0.2) is 0 Å². The van der Waals surface area contributed by atoms with E-state index in [1.807, 2.05) is 6.07 Å². The van der Waals surface area contributed by atoms with Crippen LogP contribution >= 0.6 is 15.9 Å². The lowest BCUT2D eigenvalue weighted by Gasteiger charge is -2.14. The molecule has 0 radical (unpaired) electrons. The van der Waals surface area contributed by atoms with E-state index in [0.717, 1.165) is 5.56 Å². The van der Waals surface area contributed by atoms with Crippen LogP contribution in [0, 0.1) is 0 Å². The molecule has 0 aliphatic heterocycles. The SMILES string of the molecule is CC(C)c1ccncc1C(O)CBr. The summed E-state index contributed by atoms with van der Waals surface area (Å²) in [6.45, 7) is 4.22. The first-order valence-electron chi connectivity index (χ1n) is 4.34. The minimum atomic E-state index is -0.453. The molecule has 1 unspecified atom stereocenters. The number of rotatable bonds is 3. The van der Waals surface area contributed by atoms with Crippen LogP contribution in [0.25, 0.3) is 0 Å². The van der Waals surface area contributed by atoms with Crippen LogP contribution < -0.4 is 0 Å². The van der Waals surface area contributed by atoms with E-state index in [1.165, 1.54) is 5.56 Å². The van der Waals surface area contributed by atoms with Gasteiger partial charge in [0.05, 0.1) is 6.10 Å². The van der Waals surface area contributed by atoms with Crippen molar-refractivity contribution in [2.75, 3.05) is 5.33 Å². The van der Waals surface area contributed by atoms with Gasteiger partial charge in [0.2, 0.25) is 0 Å². The van der Waals surface area contributed by atoms with E-state index in [4.69, 9.17) is 0 Å². The largest absolute Gasteiger partial charge is 0.387 e. The van der Waals surface area contributed by atoms with E-state index in [1.54, 1.807) is 12.4 Å². The van der Waals surface area contributed by atoms with Crippen molar-refractivity contribution < 1.29 is 5.11 Å². The topological polar surface area (TPSA) is 33.1 Å². The number of aromatic nitrogens is 1. The summed E-state index contributed by atoms with van der Waals surface area (Å²) in [5, 5.41) is 10.2. The molecule has 0 saturated carbocycles. The predicted octanol–water partition coefficient (Wildman–Crippen LogP) is 2.63. The third kappa shape index (κ3) is 2.51. The van der Waals surface area contributed by atoms with E-state index >= 15 is 0 Å². The monoisotopic (exact) mass is 243 g/mol. The zero-order chi connectivity index (χ0) is 9.84. The summed E-state index contributed by atoms with van der Waals surface area (Å²) in [6.07, 6.45) is 3.05. The molecule has 1 heterocycles. The van der Waals surface area contributed by atoms with E-state index in [-0.39, 0.29) is 0 Å². The lowest BCUT2D eigenvalue weighted by Crippen LogP contribution is -2.04. The molecule has 2 nitrogen and oxygen atoms in total. The van der Waals surface area contributed by atoms with Gasteiger partial charge >= 0.3 is 0 Å². The quantitative estimate of drug-likeness (QED) is 0.829. The molecule has 0 saturated heterocycles. The van der Waals surface area contributed by atoms with Crippen LogP contribution in [0.2, 0.25) is 0 Å². The van der Waals surface area contributed by atoms with Gasteiger partial charge in [0.25, 0.3) is 0 Å². The number of hydrogen-bond acceptors (Lipinski definition) is 2. The Morgan fingerprint density at radius 1 is 1.46 bits per heavy atom. The van der Waals surface area contributed by atoms with Crippen molar-refractivity contribution in [2.45, 2.75) is 25.9 Å². The molecule has 13 heavy (non-hydrogen) atoms. The molecule has 1 rings (SSSR count). The first-order chi connectivity index (χ1) is 6.16. The Kier molecular flexibility index (Phi) is 3.88. The fourth-order valence-electron chi connectivity index (χ4n) is 1.30. The second kappa shape index (κ2) is 4.72. The van der Waals surface area contributed by atoms with Gasteiger partial charge in [-0.25, -0.2) is 0 Å². The molecule has 0 aliphatic carbocycles. The number of halogens is 1. The number of hydrogen-bond donors (Lipinski definition) is 1. The molecular weight excluding hydrogens is 230 g/mol. The van der Waals surface area contributed by atoms with Gasteiger partial charge in [-0.3, -0.25) is 4.98 Å². The van der Waals surface area contributed by atoms with Gasteiger partial charge in [0.1, 0.15) is 0 Å². The Morgan fingerprint density at radius 2 is 2.15 bits per heavy atom. The Morgan fingerprint density at radius 3 is 2.69 bits per heavy atom. The lowest BCUT2D eigenvalue weighted by atomic mass is 9.97. The molecular formula is C10H14BrNO. The molecule has 1 aromatic rings. The highest BCUT2D eigenvalue weighted by atomic mass is 79.9. The van der Waals surface area contributed by atoms with Crippen LogP contribution in [0.3, 0.4) is 0 Å². The average molecular weight is 244 g/mol. The Balaban J connectivity index is 3.04. The van der Waals surface area contributed by atoms with Crippen LogP contribution in [0.15, 0.2) is 18.5 Å². The third-order valence-electron chi connectivity index (χ3n) is 2.01. The second-order valence-electron chi connectivity index (χ2n) is 3.33. The molecule has 1 atom stereocenters. The minimum absolute atomic E-state index is 0.423. The third-order valence-corrected chi connectivity index (χ3v) is 2.63. The highest BCUT2D eigenvalue weighted by Gasteiger charge is 2.12. The molecule has 72 valence electrons. The molecule has 3 heteroatoms. The van der Waals surface area contributed by atoms with Crippen molar-refractivity contribution in [3.05, 3.63) is 29.6 Å². The number of alkyl halides is 1. The van der Waals surface area contributed by atoms with Crippen LogP contribution in [-0.2, 0) is 0 Å². The first kappa shape index (κ1) is 10.7. The summed E-state index contributed by atoms with van der Waals surface area (Å²) >= 11 is 3.26. The zero-order valence-corrected chi connectivity index (χ0v) is 9.45. The highest BCUT2D eigenvalue weighted by molar-refractivity contribution is 9.09. The fourth-order valence-corrected chi connectivity index (χ4v) is 1.65. The maximum Gasteiger partial charge on any atom is 0.0904 e. The normalized spacial score (nSPS) is 13.3. The molecule has 0 aliphatic rings. The first-order valence-corrected chi connectivity index (χ1v) is 5.46. The van der Waals surface area contributed by atoms with Crippen molar-refractivity contribution in [1.29, 1.82) is 0 Å². The Hall–Kier alpha value is -0.410. The Labute approximate surface area is 87.1 Å². The molecule has 0 amide bonds. The Bertz CT molecular complexity index is 275. The van der Waals surface area contributed by atoms with Crippen molar-refractivity contribution >= 4 is 15.9 Å². The fraction of sp³-hybridized carbons (Fsp3) is 0.500. The van der Waals surface area contributed by atoms with Crippen molar-refractivity contribution in [2.24, 2.45) is 0 Å². The maximum absolute atomic E-state index is 9.67. The molecule has 1 N–H and O–H groups in total. The van der Waals surface area contributed by atoms with Gasteiger partial charge in [-0.2, -0.15) is 0 Å². The lowest BCUT2D eigenvalue weighted by molar-refractivity contribution is 0.203. The van der Waals surface area contributed by atoms with Crippen molar-refractivity contribution in [3.63, 3.8) is 0 Å². The molecule has 0 bridgehead atoms. The smallest absolute Gasteiger partial charge is 0.0904 e. The minimum Gasteiger partial charge on any atom is -0.387 e. The van der Waals surface area contributed by atoms with Crippen molar-refractivity contribution in [3.8, 4) is 0 Å². The maximum atomic E-state index is 9.67. The van der Waals surface area contributed by atoms with E-state index in [0.29, 0.717) is 11.2 Å². The molecule has 0 spiro atoms. The average Bonchev–Trinajstić information content (AvgIpc) is 2.16.